The Kier molecular flexibility index (Phi) is 4.23. The van der Waals surface area contributed by atoms with E-state index in [0.717, 1.165) is 5.01 Å². The molecule has 110 valence electrons. The van der Waals surface area contributed by atoms with Gasteiger partial charge in [0.15, 0.2) is 5.78 Å². The molecule has 2 aromatic rings. The van der Waals surface area contributed by atoms with Crippen molar-refractivity contribution in [2.75, 3.05) is 5.32 Å². The first kappa shape index (κ1) is 15.4. The molecule has 0 radical (unpaired) electrons. The normalized spacial score (nSPS) is 11.2. The predicted octanol–water partition coefficient (Wildman–Crippen LogP) is 3.90. The highest BCUT2D eigenvalue weighted by Crippen LogP contribution is 2.27. The van der Waals surface area contributed by atoms with Gasteiger partial charge in [0.1, 0.15) is 4.88 Å². The molecule has 0 unspecified atom stereocenters. The monoisotopic (exact) mass is 302 g/mol. The molecule has 0 aliphatic rings. The lowest BCUT2D eigenvalue weighted by atomic mass is 9.98. The highest BCUT2D eigenvalue weighted by atomic mass is 32.1. The largest absolute Gasteiger partial charge is 0.321 e. The van der Waals surface area contributed by atoms with Gasteiger partial charge < -0.3 is 5.32 Å². The van der Waals surface area contributed by atoms with Crippen molar-refractivity contribution in [3.8, 4) is 0 Å². The molecule has 4 nitrogen and oxygen atoms in total. The van der Waals surface area contributed by atoms with Crippen LogP contribution in [0, 0.1) is 0 Å². The molecule has 0 saturated heterocycles. The number of thiazole rings is 1. The third kappa shape index (κ3) is 3.76. The van der Waals surface area contributed by atoms with Crippen LogP contribution in [0.4, 0.5) is 5.69 Å². The molecule has 0 aliphatic carbocycles. The number of nitrogens with one attached hydrogen (secondary N) is 1. The third-order valence-electron chi connectivity index (χ3n) is 2.92. The van der Waals surface area contributed by atoms with E-state index < -0.39 is 0 Å². The van der Waals surface area contributed by atoms with Crippen molar-refractivity contribution >= 4 is 28.7 Å². The van der Waals surface area contributed by atoms with Crippen LogP contribution in [0.5, 0.6) is 0 Å². The summed E-state index contributed by atoms with van der Waals surface area (Å²) in [5, 5.41) is 3.74. The maximum absolute atomic E-state index is 12.2. The summed E-state index contributed by atoms with van der Waals surface area (Å²) in [6.07, 6.45) is 1.60. The fourth-order valence-electron chi connectivity index (χ4n) is 1.71. The zero-order valence-corrected chi connectivity index (χ0v) is 13.4. The Morgan fingerprint density at radius 2 is 1.76 bits per heavy atom. The lowest BCUT2D eigenvalue weighted by Gasteiger charge is -2.13. The lowest BCUT2D eigenvalue weighted by molar-refractivity contribution is 0.101. The Morgan fingerprint density at radius 1 is 1.14 bits per heavy atom. The van der Waals surface area contributed by atoms with Gasteiger partial charge in [0.05, 0.1) is 11.2 Å². The van der Waals surface area contributed by atoms with Gasteiger partial charge in [-0.2, -0.15) is 0 Å². The zero-order valence-electron chi connectivity index (χ0n) is 12.6. The molecule has 2 rings (SSSR count). The van der Waals surface area contributed by atoms with Gasteiger partial charge in [-0.05, 0) is 31.2 Å². The van der Waals surface area contributed by atoms with E-state index in [2.05, 4.69) is 31.1 Å². The van der Waals surface area contributed by atoms with Crippen molar-refractivity contribution in [3.05, 3.63) is 45.9 Å². The maximum atomic E-state index is 12.2. The van der Waals surface area contributed by atoms with Gasteiger partial charge in [-0.15, -0.1) is 11.3 Å². The molecule has 0 spiro atoms. The quantitative estimate of drug-likeness (QED) is 0.875. The lowest BCUT2D eigenvalue weighted by Crippen LogP contribution is -2.11. The van der Waals surface area contributed by atoms with E-state index in [4.69, 9.17) is 0 Å². The number of benzene rings is 1. The summed E-state index contributed by atoms with van der Waals surface area (Å²) in [5.41, 5.74) is 1.23. The minimum absolute atomic E-state index is 0.00477. The smallest absolute Gasteiger partial charge is 0.267 e. The van der Waals surface area contributed by atoms with Gasteiger partial charge >= 0.3 is 0 Å². The van der Waals surface area contributed by atoms with E-state index in [1.807, 2.05) is 0 Å². The minimum atomic E-state index is -0.182. The maximum Gasteiger partial charge on any atom is 0.267 e. The van der Waals surface area contributed by atoms with Gasteiger partial charge in [0, 0.05) is 16.7 Å². The van der Waals surface area contributed by atoms with Crippen LogP contribution in [-0.2, 0) is 5.41 Å². The second-order valence-corrected chi connectivity index (χ2v) is 6.90. The number of carbonyl (C=O) groups excluding carboxylic acids is 2. The molecule has 0 fully saturated rings. The average Bonchev–Trinajstić information content (AvgIpc) is 2.88. The Hall–Kier alpha value is -2.01. The molecule has 1 amide bonds. The second-order valence-electron chi connectivity index (χ2n) is 5.87. The number of carbonyl (C=O) groups is 2. The number of hydrogen-bond donors (Lipinski definition) is 1. The molecule has 0 atom stereocenters. The molecular weight excluding hydrogens is 284 g/mol. The Morgan fingerprint density at radius 3 is 2.24 bits per heavy atom. The molecular formula is C16H18N2O2S. The average molecular weight is 302 g/mol. The molecule has 5 heteroatoms. The first-order valence-corrected chi connectivity index (χ1v) is 7.47. The van der Waals surface area contributed by atoms with E-state index in [1.54, 1.807) is 30.5 Å². The number of ketones is 1. The van der Waals surface area contributed by atoms with Crippen LogP contribution in [0.3, 0.4) is 0 Å². The van der Waals surface area contributed by atoms with Gasteiger partial charge in [-0.25, -0.2) is 4.98 Å². The molecule has 1 N–H and O–H groups in total. The van der Waals surface area contributed by atoms with Crippen molar-refractivity contribution in [2.24, 2.45) is 0 Å². The summed E-state index contributed by atoms with van der Waals surface area (Å²) in [4.78, 5) is 28.2. The van der Waals surface area contributed by atoms with Gasteiger partial charge in [0.25, 0.3) is 5.91 Å². The summed E-state index contributed by atoms with van der Waals surface area (Å²) in [5.74, 6) is -0.177. The van der Waals surface area contributed by atoms with E-state index in [1.165, 1.54) is 18.3 Å². The fraction of sp³-hybridized carbons (Fsp3) is 0.312. The number of anilines is 1. The van der Waals surface area contributed by atoms with Crippen molar-refractivity contribution in [3.63, 3.8) is 0 Å². The van der Waals surface area contributed by atoms with E-state index in [0.29, 0.717) is 16.1 Å². The predicted molar refractivity (Wildman–Crippen MR) is 85.2 cm³/mol. The van der Waals surface area contributed by atoms with E-state index in [-0.39, 0.29) is 17.1 Å². The van der Waals surface area contributed by atoms with Crippen LogP contribution in [-0.4, -0.2) is 16.7 Å². The first-order valence-electron chi connectivity index (χ1n) is 6.66. The van der Waals surface area contributed by atoms with Gasteiger partial charge in [-0.3, -0.25) is 9.59 Å². The Labute approximate surface area is 128 Å². The second kappa shape index (κ2) is 5.77. The minimum Gasteiger partial charge on any atom is -0.321 e. The summed E-state index contributed by atoms with van der Waals surface area (Å²) < 4.78 is 0. The Balaban J connectivity index is 2.11. The van der Waals surface area contributed by atoms with Crippen LogP contribution >= 0.6 is 11.3 Å². The third-order valence-corrected chi connectivity index (χ3v) is 4.34. The zero-order chi connectivity index (χ0) is 15.6. The van der Waals surface area contributed by atoms with Gasteiger partial charge in [0.2, 0.25) is 0 Å². The number of rotatable bonds is 3. The molecule has 1 aromatic carbocycles. The van der Waals surface area contributed by atoms with Crippen LogP contribution in [0.15, 0.2) is 30.5 Å². The number of aromatic nitrogens is 1. The summed E-state index contributed by atoms with van der Waals surface area (Å²) in [7, 11) is 0. The molecule has 0 bridgehead atoms. The molecule has 21 heavy (non-hydrogen) atoms. The van der Waals surface area contributed by atoms with Crippen LogP contribution in [0.25, 0.3) is 0 Å². The van der Waals surface area contributed by atoms with E-state index in [9.17, 15) is 9.59 Å². The van der Waals surface area contributed by atoms with Crippen molar-refractivity contribution in [1.29, 1.82) is 0 Å². The van der Waals surface area contributed by atoms with Crippen LogP contribution in [0.1, 0.15) is 52.7 Å². The first-order chi connectivity index (χ1) is 9.77. The highest BCUT2D eigenvalue weighted by Gasteiger charge is 2.20. The van der Waals surface area contributed by atoms with Gasteiger partial charge in [-0.1, -0.05) is 20.8 Å². The van der Waals surface area contributed by atoms with Crippen molar-refractivity contribution in [1.82, 2.24) is 4.98 Å². The molecule has 1 heterocycles. The van der Waals surface area contributed by atoms with Crippen LogP contribution in [0.2, 0.25) is 0 Å². The molecule has 1 aromatic heterocycles. The van der Waals surface area contributed by atoms with E-state index >= 15 is 0 Å². The summed E-state index contributed by atoms with van der Waals surface area (Å²) >= 11 is 1.40. The van der Waals surface area contributed by atoms with Crippen molar-refractivity contribution < 1.29 is 9.59 Å². The topological polar surface area (TPSA) is 59.1 Å². The molecule has 0 aliphatic heterocycles. The van der Waals surface area contributed by atoms with Crippen LogP contribution < -0.4 is 5.32 Å². The highest BCUT2D eigenvalue weighted by molar-refractivity contribution is 7.13. The fourth-order valence-corrected chi connectivity index (χ4v) is 2.58. The summed E-state index contributed by atoms with van der Waals surface area (Å²) in [6, 6.07) is 6.84. The van der Waals surface area contributed by atoms with Crippen molar-refractivity contribution in [2.45, 2.75) is 33.1 Å². The SMILES string of the molecule is CC(=O)c1ccc(NC(=O)c2cnc(C(C)(C)C)s2)cc1. The summed E-state index contributed by atoms with van der Waals surface area (Å²) in [6.45, 7) is 7.70. The number of amides is 1. The number of hydrogen-bond acceptors (Lipinski definition) is 4. The number of Topliss-reactive ketones (excluding diaryl/α,β-unsaturated/α-hetero) is 1. The standard InChI is InChI=1S/C16H18N2O2S/c1-10(19)11-5-7-12(8-6-11)18-14(20)13-9-17-15(21-13)16(2,3)4/h5-9H,1-4H3,(H,18,20). The molecule has 0 saturated carbocycles. The number of nitrogens with zero attached hydrogens (tertiary/aromatic N) is 1. The Bertz CT molecular complexity index is 666.